The Morgan fingerprint density at radius 1 is 1.17 bits per heavy atom. The second kappa shape index (κ2) is 8.18. The number of benzene rings is 2. The molecule has 126 valence electrons. The molecule has 0 aliphatic heterocycles. The van der Waals surface area contributed by atoms with Crippen molar-refractivity contribution in [3.63, 3.8) is 0 Å². The molecule has 2 rings (SSSR count). The highest BCUT2D eigenvalue weighted by Gasteiger charge is 2.08. The van der Waals surface area contributed by atoms with Crippen molar-refractivity contribution in [3.8, 4) is 5.75 Å². The van der Waals surface area contributed by atoms with Gasteiger partial charge in [-0.1, -0.05) is 47.0 Å². The molecule has 1 N–H and O–H groups in total. The van der Waals surface area contributed by atoms with Gasteiger partial charge in [-0.25, -0.2) is 5.43 Å². The van der Waals surface area contributed by atoms with Crippen molar-refractivity contribution >= 4 is 35.3 Å². The number of carbonyl (C=O) groups is 1. The quantitative estimate of drug-likeness (QED) is 0.629. The first-order valence-electron chi connectivity index (χ1n) is 7.34. The van der Waals surface area contributed by atoms with Crippen molar-refractivity contribution in [1.29, 1.82) is 0 Å². The first-order valence-corrected chi connectivity index (χ1v) is 8.10. The number of nitrogens with zero attached hydrogens (tertiary/aromatic N) is 1. The number of ether oxygens (including phenoxy) is 1. The van der Waals surface area contributed by atoms with Crippen LogP contribution in [-0.2, 0) is 4.79 Å². The maximum absolute atomic E-state index is 11.8. The molecule has 0 unspecified atom stereocenters. The second-order valence-corrected chi connectivity index (χ2v) is 6.32. The number of hydrazone groups is 1. The maximum atomic E-state index is 11.8. The van der Waals surface area contributed by atoms with Crippen LogP contribution in [0.1, 0.15) is 22.3 Å². The summed E-state index contributed by atoms with van der Waals surface area (Å²) in [5.41, 5.74) is 6.22. The number of hydrogen-bond acceptors (Lipinski definition) is 3. The number of halogens is 2. The van der Waals surface area contributed by atoms with E-state index in [0.29, 0.717) is 15.6 Å². The fraction of sp³-hybridized carbons (Fsp3) is 0.222. The average molecular weight is 365 g/mol. The number of nitrogens with one attached hydrogen (secondary N) is 1. The summed E-state index contributed by atoms with van der Waals surface area (Å²) in [6, 6.07) is 9.05. The van der Waals surface area contributed by atoms with E-state index in [2.05, 4.69) is 10.5 Å². The molecule has 0 aliphatic carbocycles. The minimum atomic E-state index is -0.351. The maximum Gasteiger partial charge on any atom is 0.277 e. The average Bonchev–Trinajstić information content (AvgIpc) is 2.48. The fourth-order valence-corrected chi connectivity index (χ4v) is 2.80. The Kier molecular flexibility index (Phi) is 6.23. The predicted octanol–water partition coefficient (Wildman–Crippen LogP) is 4.45. The summed E-state index contributed by atoms with van der Waals surface area (Å²) < 4.78 is 5.60. The summed E-state index contributed by atoms with van der Waals surface area (Å²) in [5, 5.41) is 4.87. The molecule has 0 aliphatic rings. The zero-order valence-electron chi connectivity index (χ0n) is 13.7. The van der Waals surface area contributed by atoms with Crippen molar-refractivity contribution < 1.29 is 9.53 Å². The van der Waals surface area contributed by atoms with E-state index in [4.69, 9.17) is 27.9 Å². The molecule has 0 aromatic heterocycles. The van der Waals surface area contributed by atoms with Crippen LogP contribution in [0.25, 0.3) is 0 Å². The molecular formula is C18H18Cl2N2O2. The SMILES string of the molecule is Cc1cc(C)c(OCC(=O)NN=Cc2ccc(Cl)cc2Cl)c(C)c1. The Hall–Kier alpha value is -2.04. The van der Waals surface area contributed by atoms with E-state index < -0.39 is 0 Å². The van der Waals surface area contributed by atoms with Crippen LogP contribution in [0.3, 0.4) is 0 Å². The lowest BCUT2D eigenvalue weighted by Gasteiger charge is -2.12. The van der Waals surface area contributed by atoms with Gasteiger partial charge in [0.1, 0.15) is 5.75 Å². The summed E-state index contributed by atoms with van der Waals surface area (Å²) in [5.74, 6) is 0.371. The van der Waals surface area contributed by atoms with Gasteiger partial charge in [-0.15, -0.1) is 0 Å². The molecular weight excluding hydrogens is 347 g/mol. The predicted molar refractivity (Wildman–Crippen MR) is 98.3 cm³/mol. The van der Waals surface area contributed by atoms with Crippen LogP contribution in [0, 0.1) is 20.8 Å². The molecule has 6 heteroatoms. The van der Waals surface area contributed by atoms with E-state index in [1.807, 2.05) is 32.9 Å². The summed E-state index contributed by atoms with van der Waals surface area (Å²) in [6.45, 7) is 5.81. The molecule has 0 bridgehead atoms. The summed E-state index contributed by atoms with van der Waals surface area (Å²) in [4.78, 5) is 11.8. The number of aryl methyl sites for hydroxylation is 3. The zero-order valence-corrected chi connectivity index (χ0v) is 15.2. The van der Waals surface area contributed by atoms with Gasteiger partial charge in [0.05, 0.1) is 11.2 Å². The lowest BCUT2D eigenvalue weighted by atomic mass is 10.1. The number of hydrogen-bond donors (Lipinski definition) is 1. The molecule has 0 atom stereocenters. The molecule has 0 saturated carbocycles. The van der Waals surface area contributed by atoms with E-state index in [1.165, 1.54) is 6.21 Å². The molecule has 2 aromatic carbocycles. The molecule has 0 spiro atoms. The Bertz CT molecular complexity index is 766. The first kappa shape index (κ1) is 18.3. The Balaban J connectivity index is 1.91. The van der Waals surface area contributed by atoms with Gasteiger partial charge in [-0.2, -0.15) is 5.10 Å². The van der Waals surface area contributed by atoms with Crippen LogP contribution in [0.5, 0.6) is 5.75 Å². The lowest BCUT2D eigenvalue weighted by molar-refractivity contribution is -0.123. The highest BCUT2D eigenvalue weighted by atomic mass is 35.5. The van der Waals surface area contributed by atoms with E-state index >= 15 is 0 Å². The van der Waals surface area contributed by atoms with Crippen molar-refractivity contribution in [3.05, 3.63) is 62.6 Å². The highest BCUT2D eigenvalue weighted by Crippen LogP contribution is 2.24. The molecule has 0 fully saturated rings. The van der Waals surface area contributed by atoms with Crippen LogP contribution in [0.2, 0.25) is 10.0 Å². The van der Waals surface area contributed by atoms with Crippen LogP contribution in [-0.4, -0.2) is 18.7 Å². The second-order valence-electron chi connectivity index (χ2n) is 5.48. The summed E-state index contributed by atoms with van der Waals surface area (Å²) in [6.07, 6.45) is 1.46. The van der Waals surface area contributed by atoms with E-state index in [9.17, 15) is 4.79 Å². The van der Waals surface area contributed by atoms with Gasteiger partial charge in [0, 0.05) is 10.6 Å². The Morgan fingerprint density at radius 3 is 2.46 bits per heavy atom. The van der Waals surface area contributed by atoms with Crippen LogP contribution in [0.15, 0.2) is 35.4 Å². The molecule has 0 heterocycles. The fourth-order valence-electron chi connectivity index (χ4n) is 2.34. The van der Waals surface area contributed by atoms with E-state index in [-0.39, 0.29) is 12.5 Å². The van der Waals surface area contributed by atoms with Crippen LogP contribution >= 0.6 is 23.2 Å². The van der Waals surface area contributed by atoms with E-state index in [1.54, 1.807) is 18.2 Å². The first-order chi connectivity index (χ1) is 11.4. The molecule has 0 radical (unpaired) electrons. The number of carbonyl (C=O) groups excluding carboxylic acids is 1. The van der Waals surface area contributed by atoms with Gasteiger partial charge in [0.2, 0.25) is 0 Å². The minimum absolute atomic E-state index is 0.115. The van der Waals surface area contributed by atoms with Crippen molar-refractivity contribution in [1.82, 2.24) is 5.43 Å². The van der Waals surface area contributed by atoms with Gasteiger partial charge in [0.15, 0.2) is 6.61 Å². The third-order valence-electron chi connectivity index (χ3n) is 3.31. The molecule has 4 nitrogen and oxygen atoms in total. The third-order valence-corrected chi connectivity index (χ3v) is 3.87. The summed E-state index contributed by atoms with van der Waals surface area (Å²) in [7, 11) is 0. The van der Waals surface area contributed by atoms with E-state index in [0.717, 1.165) is 22.4 Å². The number of amides is 1. The molecule has 1 amide bonds. The standard InChI is InChI=1S/C18H18Cl2N2O2/c1-11-6-12(2)18(13(3)7-11)24-10-17(23)22-21-9-14-4-5-15(19)8-16(14)20/h4-9H,10H2,1-3H3,(H,22,23). The molecule has 0 saturated heterocycles. The molecule has 24 heavy (non-hydrogen) atoms. The van der Waals surface area contributed by atoms with Gasteiger partial charge >= 0.3 is 0 Å². The third kappa shape index (κ3) is 4.98. The normalized spacial score (nSPS) is 10.9. The summed E-state index contributed by atoms with van der Waals surface area (Å²) >= 11 is 11.8. The lowest BCUT2D eigenvalue weighted by Crippen LogP contribution is -2.25. The largest absolute Gasteiger partial charge is 0.483 e. The van der Waals surface area contributed by atoms with Crippen molar-refractivity contribution in [2.75, 3.05) is 6.61 Å². The monoisotopic (exact) mass is 364 g/mol. The Labute approximate surface area is 151 Å². The van der Waals surface area contributed by atoms with Gasteiger partial charge < -0.3 is 4.74 Å². The van der Waals surface area contributed by atoms with Crippen LogP contribution in [0.4, 0.5) is 0 Å². The van der Waals surface area contributed by atoms with Crippen molar-refractivity contribution in [2.45, 2.75) is 20.8 Å². The van der Waals surface area contributed by atoms with Crippen LogP contribution < -0.4 is 10.2 Å². The van der Waals surface area contributed by atoms with Crippen molar-refractivity contribution in [2.24, 2.45) is 5.10 Å². The highest BCUT2D eigenvalue weighted by molar-refractivity contribution is 6.36. The van der Waals surface area contributed by atoms with Gasteiger partial charge in [-0.3, -0.25) is 4.79 Å². The smallest absolute Gasteiger partial charge is 0.277 e. The molecule has 2 aromatic rings. The number of rotatable bonds is 5. The topological polar surface area (TPSA) is 50.7 Å². The zero-order chi connectivity index (χ0) is 17.7. The Morgan fingerprint density at radius 2 is 1.83 bits per heavy atom. The minimum Gasteiger partial charge on any atom is -0.483 e. The van der Waals surface area contributed by atoms with Gasteiger partial charge in [0.25, 0.3) is 5.91 Å². The van der Waals surface area contributed by atoms with Gasteiger partial charge in [-0.05, 0) is 44.0 Å².